The quantitative estimate of drug-likeness (QED) is 0.169. The van der Waals surface area contributed by atoms with Gasteiger partial charge in [-0.2, -0.15) is 0 Å². The Balaban J connectivity index is 1.16. The van der Waals surface area contributed by atoms with Gasteiger partial charge < -0.3 is 18.6 Å². The van der Waals surface area contributed by atoms with Crippen LogP contribution < -0.4 is 9.80 Å². The van der Waals surface area contributed by atoms with Crippen molar-refractivity contribution in [3.8, 4) is 0 Å². The van der Waals surface area contributed by atoms with Crippen LogP contribution in [0.15, 0.2) is 206 Å². The van der Waals surface area contributed by atoms with E-state index in [-0.39, 0.29) is 0 Å². The highest BCUT2D eigenvalue weighted by Crippen LogP contribution is 2.49. The molecule has 0 unspecified atom stereocenters. The van der Waals surface area contributed by atoms with Gasteiger partial charge in [-0.1, -0.05) is 133 Å². The molecule has 4 nitrogen and oxygen atoms in total. The number of nitrogens with zero attached hydrogens (tertiary/aromatic N) is 4. The maximum absolute atomic E-state index is 2.55. The molecule has 4 heterocycles. The topological polar surface area (TPSA) is 15.3 Å². The SMILES string of the molecule is c1ccc(N(c2ccccc2)c2cccc3c4cccc5c6cc7c(cc6n(c23)c54)c2cccc3c4cccc(N(c5ccccc5)c5ccccc5)c4n7c23)cc1. The van der Waals surface area contributed by atoms with Gasteiger partial charge in [-0.05, 0) is 72.8 Å². The van der Waals surface area contributed by atoms with E-state index in [1.165, 1.54) is 76.2 Å². The predicted octanol–water partition coefficient (Wildman–Crippen LogP) is 14.9. The van der Waals surface area contributed by atoms with E-state index in [4.69, 9.17) is 0 Å². The van der Waals surface area contributed by atoms with Crippen LogP contribution in [0.25, 0.3) is 76.2 Å². The smallest absolute Gasteiger partial charge is 0.0782 e. The van der Waals surface area contributed by atoms with Crippen molar-refractivity contribution in [1.29, 1.82) is 0 Å². The van der Waals surface area contributed by atoms with Crippen LogP contribution in [-0.4, -0.2) is 8.80 Å². The third kappa shape index (κ3) is 4.18. The van der Waals surface area contributed by atoms with Gasteiger partial charge in [0.05, 0.1) is 44.5 Å². The first-order valence-corrected chi connectivity index (χ1v) is 20.0. The van der Waals surface area contributed by atoms with Crippen LogP contribution in [0.5, 0.6) is 0 Å². The molecule has 0 amide bonds. The second kappa shape index (κ2) is 11.8. The lowest BCUT2D eigenvalue weighted by Gasteiger charge is -2.26. The summed E-state index contributed by atoms with van der Waals surface area (Å²) in [5.74, 6) is 0. The molecule has 58 heavy (non-hydrogen) atoms. The van der Waals surface area contributed by atoms with E-state index in [1.54, 1.807) is 0 Å². The molecule has 0 saturated carbocycles. The summed E-state index contributed by atoms with van der Waals surface area (Å²) in [6.07, 6.45) is 0. The van der Waals surface area contributed by atoms with E-state index in [0.29, 0.717) is 0 Å². The van der Waals surface area contributed by atoms with Gasteiger partial charge >= 0.3 is 0 Å². The second-order valence-electron chi connectivity index (χ2n) is 15.3. The molecule has 0 spiro atoms. The summed E-state index contributed by atoms with van der Waals surface area (Å²) in [4.78, 5) is 4.81. The normalized spacial score (nSPS) is 12.1. The van der Waals surface area contributed by atoms with Crippen LogP contribution in [0.2, 0.25) is 0 Å². The summed E-state index contributed by atoms with van der Waals surface area (Å²) in [5.41, 5.74) is 14.2. The largest absolute Gasteiger partial charge is 0.308 e. The fourth-order valence-corrected chi connectivity index (χ4v) is 10.0. The molecule has 0 N–H and O–H groups in total. The summed E-state index contributed by atoms with van der Waals surface area (Å²) in [7, 11) is 0. The molecule has 0 aliphatic carbocycles. The lowest BCUT2D eigenvalue weighted by Crippen LogP contribution is -2.10. The van der Waals surface area contributed by atoms with Gasteiger partial charge in [-0.25, -0.2) is 0 Å². The van der Waals surface area contributed by atoms with Gasteiger partial charge in [0.15, 0.2) is 0 Å². The zero-order chi connectivity index (χ0) is 37.9. The predicted molar refractivity (Wildman–Crippen MR) is 245 cm³/mol. The molecular weight excluding hydrogens is 705 g/mol. The van der Waals surface area contributed by atoms with Crippen LogP contribution >= 0.6 is 0 Å². The zero-order valence-electron chi connectivity index (χ0n) is 31.4. The molecule has 0 fully saturated rings. The van der Waals surface area contributed by atoms with Crippen LogP contribution in [-0.2, 0) is 0 Å². The van der Waals surface area contributed by atoms with Crippen LogP contribution in [0.4, 0.5) is 34.1 Å². The van der Waals surface area contributed by atoms with Crippen molar-refractivity contribution in [2.75, 3.05) is 9.80 Å². The summed E-state index contributed by atoms with van der Waals surface area (Å²) < 4.78 is 5.10. The summed E-state index contributed by atoms with van der Waals surface area (Å²) in [5, 5.41) is 10.1. The average Bonchev–Trinajstić information content (AvgIpc) is 4.02. The van der Waals surface area contributed by atoms with Crippen LogP contribution in [0.1, 0.15) is 0 Å². The Bertz CT molecular complexity index is 3340. The maximum atomic E-state index is 2.55. The number of aromatic nitrogens is 2. The standard InChI is InChI=1S/C54H34N4/c1-5-17-35(18-6-1)55(36-19-7-2-8-20-36)47-31-15-29-41-39-25-13-27-43-45-34-50-46(33-49(45)57(51(39)43)53(41)47)44-28-14-26-40-42-30-16-32-48(54(42)58(50)52(40)44)56(37-21-9-3-10-22-37)38-23-11-4-12-24-38/h1-34H. The molecule has 9 aromatic carbocycles. The Labute approximate surface area is 333 Å². The van der Waals surface area contributed by atoms with Crippen molar-refractivity contribution in [3.63, 3.8) is 0 Å². The molecule has 0 saturated heterocycles. The number of benzene rings is 9. The maximum Gasteiger partial charge on any atom is 0.0782 e. The summed E-state index contributed by atoms with van der Waals surface area (Å²) in [6.45, 7) is 0. The second-order valence-corrected chi connectivity index (χ2v) is 15.3. The molecule has 13 aromatic rings. The Morgan fingerprint density at radius 1 is 0.241 bits per heavy atom. The van der Waals surface area contributed by atoms with Gasteiger partial charge in [-0.3, -0.25) is 0 Å². The molecule has 13 rings (SSSR count). The Morgan fingerprint density at radius 3 is 0.845 bits per heavy atom. The van der Waals surface area contributed by atoms with E-state index in [1.807, 2.05) is 0 Å². The minimum absolute atomic E-state index is 1.13. The van der Waals surface area contributed by atoms with E-state index < -0.39 is 0 Å². The highest BCUT2D eigenvalue weighted by molar-refractivity contribution is 6.30. The van der Waals surface area contributed by atoms with Crippen molar-refractivity contribution in [2.45, 2.75) is 0 Å². The molecule has 0 radical (unpaired) electrons. The van der Waals surface area contributed by atoms with Crippen molar-refractivity contribution in [3.05, 3.63) is 206 Å². The number of para-hydroxylation sites is 8. The summed E-state index contributed by atoms with van der Waals surface area (Å²) in [6, 6.07) is 75.2. The Kier molecular flexibility index (Phi) is 6.41. The first-order chi connectivity index (χ1) is 28.8. The van der Waals surface area contributed by atoms with Gasteiger partial charge in [-0.15, -0.1) is 0 Å². The lowest BCUT2D eigenvalue weighted by atomic mass is 10.0. The fourth-order valence-electron chi connectivity index (χ4n) is 10.0. The van der Waals surface area contributed by atoms with Gasteiger partial charge in [0, 0.05) is 65.8 Å². The van der Waals surface area contributed by atoms with Gasteiger partial charge in [0.25, 0.3) is 0 Å². The first kappa shape index (κ1) is 31.4. The molecule has 0 bridgehead atoms. The van der Waals surface area contributed by atoms with Gasteiger partial charge in [0.1, 0.15) is 0 Å². The van der Waals surface area contributed by atoms with Crippen LogP contribution in [0, 0.1) is 0 Å². The van der Waals surface area contributed by atoms with Crippen molar-refractivity contribution < 1.29 is 0 Å². The third-order valence-corrected chi connectivity index (χ3v) is 12.3. The van der Waals surface area contributed by atoms with E-state index >= 15 is 0 Å². The van der Waals surface area contributed by atoms with E-state index in [0.717, 1.165) is 34.1 Å². The fraction of sp³-hybridized carbons (Fsp3) is 0. The number of hydrogen-bond donors (Lipinski definition) is 0. The van der Waals surface area contributed by atoms with E-state index in [9.17, 15) is 0 Å². The summed E-state index contributed by atoms with van der Waals surface area (Å²) >= 11 is 0. The third-order valence-electron chi connectivity index (χ3n) is 12.3. The molecule has 4 heteroatoms. The lowest BCUT2D eigenvalue weighted by molar-refractivity contribution is 1.27. The molecule has 0 atom stereocenters. The van der Waals surface area contributed by atoms with Gasteiger partial charge in [0.2, 0.25) is 0 Å². The molecule has 4 aromatic heterocycles. The molecule has 0 aliphatic rings. The Morgan fingerprint density at radius 2 is 0.517 bits per heavy atom. The highest BCUT2D eigenvalue weighted by Gasteiger charge is 2.27. The van der Waals surface area contributed by atoms with E-state index in [2.05, 4.69) is 225 Å². The van der Waals surface area contributed by atoms with Crippen molar-refractivity contribution in [1.82, 2.24) is 8.80 Å². The minimum Gasteiger partial charge on any atom is -0.308 e. The Hall–Kier alpha value is -7.82. The number of rotatable bonds is 6. The zero-order valence-corrected chi connectivity index (χ0v) is 31.4. The first-order valence-electron chi connectivity index (χ1n) is 20.0. The number of fused-ring (bicyclic) bond motifs is 12. The van der Waals surface area contributed by atoms with Crippen molar-refractivity contribution in [2.24, 2.45) is 0 Å². The molecular formula is C54H34N4. The number of anilines is 6. The number of hydrogen-bond acceptors (Lipinski definition) is 2. The molecule has 0 aliphatic heterocycles. The van der Waals surface area contributed by atoms with Crippen LogP contribution in [0.3, 0.4) is 0 Å². The highest BCUT2D eigenvalue weighted by atomic mass is 15.2. The average molecular weight is 739 g/mol. The van der Waals surface area contributed by atoms with Crippen molar-refractivity contribution >= 4 is 110 Å². The molecule has 270 valence electrons. The monoisotopic (exact) mass is 738 g/mol. The minimum atomic E-state index is 1.13.